The van der Waals surface area contributed by atoms with Gasteiger partial charge in [-0.15, -0.1) is 0 Å². The summed E-state index contributed by atoms with van der Waals surface area (Å²) >= 11 is 6.33. The van der Waals surface area contributed by atoms with Gasteiger partial charge in [0.05, 0.1) is 10.7 Å². The molecule has 2 aromatic carbocycles. The molecule has 0 saturated heterocycles. The minimum Gasteiger partial charge on any atom is -0.355 e. The lowest BCUT2D eigenvalue weighted by Crippen LogP contribution is -2.40. The molecule has 138 valence electrons. The monoisotopic (exact) mass is 372 g/mol. The molecule has 1 N–H and O–H groups in total. The number of nitrogens with one attached hydrogen (secondary N) is 1. The van der Waals surface area contributed by atoms with Crippen molar-refractivity contribution < 1.29 is 9.59 Å². The third-order valence-electron chi connectivity index (χ3n) is 4.16. The van der Waals surface area contributed by atoms with Gasteiger partial charge in [-0.25, -0.2) is 0 Å². The van der Waals surface area contributed by atoms with E-state index in [0.717, 1.165) is 24.0 Å². The van der Waals surface area contributed by atoms with Crippen molar-refractivity contribution in [1.29, 1.82) is 0 Å². The lowest BCUT2D eigenvalue weighted by Gasteiger charge is -2.24. The van der Waals surface area contributed by atoms with Crippen LogP contribution in [-0.4, -0.2) is 24.9 Å². The molecule has 2 aromatic rings. The predicted octanol–water partition coefficient (Wildman–Crippen LogP) is 4.06. The summed E-state index contributed by atoms with van der Waals surface area (Å²) in [6.07, 6.45) is 1.75. The number of carbonyl (C=O) groups is 2. The maximum absolute atomic E-state index is 12.3. The number of nitrogens with zero attached hydrogens (tertiary/aromatic N) is 1. The second-order valence-electron chi connectivity index (χ2n) is 6.46. The minimum atomic E-state index is -0.210. The Balaban J connectivity index is 1.93. The maximum Gasteiger partial charge on any atom is 0.240 e. The fourth-order valence-corrected chi connectivity index (χ4v) is 3.39. The molecule has 0 bridgehead atoms. The zero-order valence-corrected chi connectivity index (χ0v) is 16.3. The Kier molecular flexibility index (Phi) is 7.22. The van der Waals surface area contributed by atoms with E-state index in [9.17, 15) is 9.59 Å². The zero-order valence-electron chi connectivity index (χ0n) is 15.5. The van der Waals surface area contributed by atoms with Gasteiger partial charge in [0.25, 0.3) is 0 Å². The first-order valence-electron chi connectivity index (χ1n) is 8.74. The van der Waals surface area contributed by atoms with Crippen LogP contribution in [0.3, 0.4) is 0 Å². The van der Waals surface area contributed by atoms with Gasteiger partial charge in [0.2, 0.25) is 11.8 Å². The Morgan fingerprint density at radius 2 is 1.81 bits per heavy atom. The fraction of sp³-hybridized carbons (Fsp3) is 0.333. The quantitative estimate of drug-likeness (QED) is 0.745. The number of benzene rings is 2. The Hall–Kier alpha value is -2.33. The molecule has 0 fully saturated rings. The van der Waals surface area contributed by atoms with E-state index >= 15 is 0 Å². The predicted molar refractivity (Wildman–Crippen MR) is 107 cm³/mol. The van der Waals surface area contributed by atoms with Gasteiger partial charge in [0, 0.05) is 13.5 Å². The number of halogens is 1. The molecule has 2 rings (SSSR count). The molecule has 26 heavy (non-hydrogen) atoms. The van der Waals surface area contributed by atoms with Crippen LogP contribution in [0, 0.1) is 13.8 Å². The van der Waals surface area contributed by atoms with Crippen molar-refractivity contribution in [3.8, 4) is 0 Å². The van der Waals surface area contributed by atoms with Crippen molar-refractivity contribution in [2.24, 2.45) is 0 Å². The molecule has 5 heteroatoms. The van der Waals surface area contributed by atoms with E-state index in [1.165, 1.54) is 17.4 Å². The van der Waals surface area contributed by atoms with Crippen LogP contribution < -0.4 is 10.2 Å². The van der Waals surface area contributed by atoms with Crippen molar-refractivity contribution in [3.63, 3.8) is 0 Å². The first kappa shape index (κ1) is 20.0. The molecule has 0 aromatic heterocycles. The van der Waals surface area contributed by atoms with Gasteiger partial charge in [-0.3, -0.25) is 9.59 Å². The summed E-state index contributed by atoms with van der Waals surface area (Å²) in [5, 5.41) is 3.36. The number of carbonyl (C=O) groups excluding carboxylic acids is 2. The highest BCUT2D eigenvalue weighted by molar-refractivity contribution is 6.34. The largest absolute Gasteiger partial charge is 0.355 e. The zero-order chi connectivity index (χ0) is 19.1. The number of hydrogen-bond donors (Lipinski definition) is 1. The summed E-state index contributed by atoms with van der Waals surface area (Å²) < 4.78 is 0. The summed E-state index contributed by atoms with van der Waals surface area (Å²) in [7, 11) is 0. The molecular weight excluding hydrogens is 348 g/mol. The number of aryl methyl sites for hydroxylation is 3. The Labute approximate surface area is 160 Å². The SMILES string of the molecule is CC(=O)N(CC(=O)NCCCc1ccccc1)c1c(C)cc(C)cc1Cl. The van der Waals surface area contributed by atoms with Gasteiger partial charge in [0.1, 0.15) is 6.54 Å². The Bertz CT molecular complexity index is 752. The molecule has 0 atom stereocenters. The Morgan fingerprint density at radius 1 is 1.12 bits per heavy atom. The summed E-state index contributed by atoms with van der Waals surface area (Å²) in [6, 6.07) is 13.9. The maximum atomic E-state index is 12.3. The third kappa shape index (κ3) is 5.60. The van der Waals surface area contributed by atoms with E-state index in [4.69, 9.17) is 11.6 Å². The lowest BCUT2D eigenvalue weighted by molar-refractivity contribution is -0.123. The minimum absolute atomic E-state index is 0.0374. The van der Waals surface area contributed by atoms with Gasteiger partial charge in [-0.1, -0.05) is 48.0 Å². The Morgan fingerprint density at radius 3 is 2.42 bits per heavy atom. The smallest absolute Gasteiger partial charge is 0.240 e. The van der Waals surface area contributed by atoms with E-state index < -0.39 is 0 Å². The standard InChI is InChI=1S/C21H25ClN2O2/c1-15-12-16(2)21(19(22)13-15)24(17(3)25)14-20(26)23-11-7-10-18-8-5-4-6-9-18/h4-6,8-9,12-13H,7,10-11,14H2,1-3H3,(H,23,26). The molecular formula is C21H25ClN2O2. The van der Waals surface area contributed by atoms with Crippen LogP contribution in [0.25, 0.3) is 0 Å². The normalized spacial score (nSPS) is 10.5. The van der Waals surface area contributed by atoms with Crippen molar-refractivity contribution in [1.82, 2.24) is 5.32 Å². The van der Waals surface area contributed by atoms with Gasteiger partial charge < -0.3 is 10.2 Å². The van der Waals surface area contributed by atoms with E-state index in [1.807, 2.05) is 38.1 Å². The van der Waals surface area contributed by atoms with E-state index in [1.54, 1.807) is 6.07 Å². The van der Waals surface area contributed by atoms with Crippen molar-refractivity contribution in [3.05, 3.63) is 64.2 Å². The number of rotatable bonds is 7. The van der Waals surface area contributed by atoms with Crippen LogP contribution in [0.1, 0.15) is 30.0 Å². The van der Waals surface area contributed by atoms with Gasteiger partial charge >= 0.3 is 0 Å². The summed E-state index contributed by atoms with van der Waals surface area (Å²) in [4.78, 5) is 25.8. The van der Waals surface area contributed by atoms with Crippen molar-refractivity contribution in [2.75, 3.05) is 18.0 Å². The molecule has 0 spiro atoms. The summed E-state index contributed by atoms with van der Waals surface area (Å²) in [6.45, 7) is 5.81. The van der Waals surface area contributed by atoms with Crippen LogP contribution in [0.15, 0.2) is 42.5 Å². The van der Waals surface area contributed by atoms with E-state index in [2.05, 4.69) is 17.4 Å². The molecule has 2 amide bonds. The average Bonchev–Trinajstić information content (AvgIpc) is 2.58. The summed E-state index contributed by atoms with van der Waals surface area (Å²) in [5.41, 5.74) is 3.74. The van der Waals surface area contributed by atoms with Crippen LogP contribution >= 0.6 is 11.6 Å². The summed E-state index contributed by atoms with van der Waals surface area (Å²) in [5.74, 6) is -0.400. The molecule has 4 nitrogen and oxygen atoms in total. The van der Waals surface area contributed by atoms with Gasteiger partial charge in [-0.2, -0.15) is 0 Å². The fourth-order valence-electron chi connectivity index (χ4n) is 2.96. The van der Waals surface area contributed by atoms with Crippen molar-refractivity contribution >= 4 is 29.1 Å². The third-order valence-corrected chi connectivity index (χ3v) is 4.45. The molecule has 0 aliphatic rings. The first-order chi connectivity index (χ1) is 12.4. The molecule has 0 radical (unpaired) electrons. The highest BCUT2D eigenvalue weighted by Gasteiger charge is 2.20. The van der Waals surface area contributed by atoms with E-state index in [-0.39, 0.29) is 18.4 Å². The molecule has 0 saturated carbocycles. The van der Waals surface area contributed by atoms with Crippen molar-refractivity contribution in [2.45, 2.75) is 33.6 Å². The second-order valence-corrected chi connectivity index (χ2v) is 6.86. The lowest BCUT2D eigenvalue weighted by atomic mass is 10.1. The van der Waals surface area contributed by atoms with Gasteiger partial charge in [0.15, 0.2) is 0 Å². The highest BCUT2D eigenvalue weighted by Crippen LogP contribution is 2.31. The molecule has 0 heterocycles. The first-order valence-corrected chi connectivity index (χ1v) is 9.11. The topological polar surface area (TPSA) is 49.4 Å². The highest BCUT2D eigenvalue weighted by atomic mass is 35.5. The number of amides is 2. The van der Waals surface area contributed by atoms with Crippen LogP contribution in [0.4, 0.5) is 5.69 Å². The van der Waals surface area contributed by atoms with Crippen LogP contribution in [0.2, 0.25) is 5.02 Å². The average molecular weight is 373 g/mol. The molecule has 0 unspecified atom stereocenters. The van der Waals surface area contributed by atoms with Crippen LogP contribution in [-0.2, 0) is 16.0 Å². The molecule has 0 aliphatic heterocycles. The second kappa shape index (κ2) is 9.39. The van der Waals surface area contributed by atoms with Gasteiger partial charge in [-0.05, 0) is 49.4 Å². The van der Waals surface area contributed by atoms with E-state index in [0.29, 0.717) is 17.3 Å². The number of hydrogen-bond acceptors (Lipinski definition) is 2. The number of anilines is 1. The van der Waals surface area contributed by atoms with Crippen LogP contribution in [0.5, 0.6) is 0 Å². The molecule has 0 aliphatic carbocycles.